The quantitative estimate of drug-likeness (QED) is 0.349. The number of carboxylic acids is 1. The topological polar surface area (TPSA) is 99.4 Å². The van der Waals surface area contributed by atoms with E-state index in [9.17, 15) is 15.0 Å². The molecule has 0 aromatic carbocycles. The molecule has 3 fully saturated rings. The van der Waals surface area contributed by atoms with Crippen molar-refractivity contribution in [3.05, 3.63) is 12.2 Å². The van der Waals surface area contributed by atoms with E-state index in [-0.39, 0.29) is 24.4 Å². The molecule has 5 atom stereocenters. The van der Waals surface area contributed by atoms with Crippen molar-refractivity contribution in [1.29, 1.82) is 0 Å². The van der Waals surface area contributed by atoms with E-state index in [1.807, 2.05) is 12.2 Å². The molecule has 0 aliphatic heterocycles. The molecule has 0 amide bonds. The number of hydrogen-bond donors (Lipinski definition) is 3. The summed E-state index contributed by atoms with van der Waals surface area (Å²) >= 11 is 0. The van der Waals surface area contributed by atoms with Gasteiger partial charge < -0.3 is 20.2 Å². The Hall–Kier alpha value is -1.40. The fourth-order valence-electron chi connectivity index (χ4n) is 4.71. The van der Waals surface area contributed by atoms with Gasteiger partial charge in [-0.1, -0.05) is 36.6 Å². The summed E-state index contributed by atoms with van der Waals surface area (Å²) in [7, 11) is 0. The molecule has 0 aromatic heterocycles. The van der Waals surface area contributed by atoms with Crippen molar-refractivity contribution in [1.82, 2.24) is 0 Å². The van der Waals surface area contributed by atoms with Crippen LogP contribution in [0.2, 0.25) is 0 Å². The second-order valence-corrected chi connectivity index (χ2v) is 8.04. The molecule has 0 aromatic rings. The lowest BCUT2D eigenvalue weighted by Crippen LogP contribution is -2.36. The molecular weight excluding hydrogens is 334 g/mol. The Morgan fingerprint density at radius 2 is 2.08 bits per heavy atom. The summed E-state index contributed by atoms with van der Waals surface area (Å²) in [5.74, 6) is 0.261. The van der Waals surface area contributed by atoms with Crippen LogP contribution in [0.1, 0.15) is 57.8 Å². The Balaban J connectivity index is 1.45. The lowest BCUT2D eigenvalue weighted by Gasteiger charge is -2.34. The largest absolute Gasteiger partial charge is 0.481 e. The summed E-state index contributed by atoms with van der Waals surface area (Å²) in [6.45, 7) is 0.312. The second kappa shape index (κ2) is 9.00. The van der Waals surface area contributed by atoms with Gasteiger partial charge in [-0.2, -0.15) is 0 Å². The standard InChI is InChI=1S/C20H31NO5/c22-18(13-5-2-1-3-6-13)9-8-14-15-11-17(16(15)12-19(14)23)21-26-10-4-7-20(24)25/h8-9,13-16,18-19,22-23H,1-7,10-12H2,(H,24,25)/t14?,15-,16-,18?,19?/m0/s1. The van der Waals surface area contributed by atoms with Crippen LogP contribution in [0.4, 0.5) is 0 Å². The van der Waals surface area contributed by atoms with Crippen molar-refractivity contribution >= 4 is 11.7 Å². The van der Waals surface area contributed by atoms with E-state index >= 15 is 0 Å². The lowest BCUT2D eigenvalue weighted by molar-refractivity contribution is -0.137. The molecule has 146 valence electrons. The maximum absolute atomic E-state index is 10.5. The van der Waals surface area contributed by atoms with Crippen molar-refractivity contribution in [2.24, 2.45) is 28.8 Å². The van der Waals surface area contributed by atoms with Crippen LogP contribution in [0.15, 0.2) is 17.3 Å². The molecule has 26 heavy (non-hydrogen) atoms. The van der Waals surface area contributed by atoms with Gasteiger partial charge in [0, 0.05) is 18.3 Å². The fraction of sp³-hybridized carbons (Fsp3) is 0.800. The van der Waals surface area contributed by atoms with Gasteiger partial charge in [-0.25, -0.2) is 0 Å². The van der Waals surface area contributed by atoms with E-state index in [2.05, 4.69) is 5.16 Å². The van der Waals surface area contributed by atoms with Gasteiger partial charge in [0.15, 0.2) is 0 Å². The Labute approximate surface area is 154 Å². The number of oxime groups is 1. The molecule has 0 spiro atoms. The van der Waals surface area contributed by atoms with E-state index in [4.69, 9.17) is 9.94 Å². The van der Waals surface area contributed by atoms with Crippen LogP contribution in [0.3, 0.4) is 0 Å². The third kappa shape index (κ3) is 4.65. The van der Waals surface area contributed by atoms with Crippen molar-refractivity contribution in [3.8, 4) is 0 Å². The molecule has 0 heterocycles. The molecule has 3 aliphatic rings. The van der Waals surface area contributed by atoms with E-state index in [0.29, 0.717) is 31.3 Å². The number of carboxylic acid groups (broad SMARTS) is 1. The summed E-state index contributed by atoms with van der Waals surface area (Å²) in [5.41, 5.74) is 0.980. The van der Waals surface area contributed by atoms with Crippen LogP contribution >= 0.6 is 0 Å². The van der Waals surface area contributed by atoms with Gasteiger partial charge in [0.1, 0.15) is 6.61 Å². The van der Waals surface area contributed by atoms with Crippen LogP contribution in [0.5, 0.6) is 0 Å². The minimum Gasteiger partial charge on any atom is -0.481 e. The van der Waals surface area contributed by atoms with E-state index in [1.54, 1.807) is 0 Å². The second-order valence-electron chi connectivity index (χ2n) is 8.04. The predicted molar refractivity (Wildman–Crippen MR) is 97.7 cm³/mol. The maximum Gasteiger partial charge on any atom is 0.303 e. The zero-order chi connectivity index (χ0) is 18.5. The normalized spacial score (nSPS) is 34.6. The summed E-state index contributed by atoms with van der Waals surface area (Å²) in [6.07, 6.45) is 11.1. The molecule has 0 radical (unpaired) electrons. The highest BCUT2D eigenvalue weighted by molar-refractivity contribution is 5.93. The molecule has 6 heteroatoms. The van der Waals surface area contributed by atoms with Gasteiger partial charge in [-0.15, -0.1) is 0 Å². The third-order valence-electron chi connectivity index (χ3n) is 6.30. The number of hydrogen-bond acceptors (Lipinski definition) is 5. The molecule has 0 bridgehead atoms. The van der Waals surface area contributed by atoms with Crippen molar-refractivity contribution in [2.45, 2.75) is 70.0 Å². The molecular formula is C20H31NO5. The molecule has 3 N–H and O–H groups in total. The zero-order valence-electron chi connectivity index (χ0n) is 15.3. The van der Waals surface area contributed by atoms with Gasteiger partial charge in [-0.3, -0.25) is 4.79 Å². The highest BCUT2D eigenvalue weighted by Crippen LogP contribution is 2.49. The maximum atomic E-state index is 10.5. The van der Waals surface area contributed by atoms with E-state index in [1.165, 1.54) is 19.3 Å². The van der Waals surface area contributed by atoms with E-state index < -0.39 is 12.1 Å². The van der Waals surface area contributed by atoms with Crippen LogP contribution < -0.4 is 0 Å². The van der Waals surface area contributed by atoms with Crippen LogP contribution in [0, 0.1) is 23.7 Å². The highest BCUT2D eigenvalue weighted by atomic mass is 16.6. The van der Waals surface area contributed by atoms with Crippen molar-refractivity contribution in [2.75, 3.05) is 6.61 Å². The number of aliphatic hydroxyl groups is 2. The number of aliphatic carboxylic acids is 1. The zero-order valence-corrected chi connectivity index (χ0v) is 15.3. The molecule has 3 rings (SSSR count). The Kier molecular flexibility index (Phi) is 6.70. The summed E-state index contributed by atoms with van der Waals surface area (Å²) < 4.78 is 0. The minimum atomic E-state index is -0.825. The van der Waals surface area contributed by atoms with Crippen molar-refractivity contribution in [3.63, 3.8) is 0 Å². The van der Waals surface area contributed by atoms with Gasteiger partial charge in [0.05, 0.1) is 17.9 Å². The Morgan fingerprint density at radius 3 is 2.81 bits per heavy atom. The molecule has 0 saturated heterocycles. The number of rotatable bonds is 8. The molecule has 6 nitrogen and oxygen atoms in total. The monoisotopic (exact) mass is 365 g/mol. The molecule has 3 saturated carbocycles. The van der Waals surface area contributed by atoms with Crippen molar-refractivity contribution < 1.29 is 25.0 Å². The van der Waals surface area contributed by atoms with Crippen LogP contribution in [0.25, 0.3) is 0 Å². The Morgan fingerprint density at radius 1 is 1.31 bits per heavy atom. The first-order chi connectivity index (χ1) is 12.6. The summed E-state index contributed by atoms with van der Waals surface area (Å²) in [5, 5.41) is 33.5. The summed E-state index contributed by atoms with van der Waals surface area (Å²) in [6, 6.07) is 0. The number of carbonyl (C=O) groups is 1. The smallest absolute Gasteiger partial charge is 0.303 e. The van der Waals surface area contributed by atoms with Gasteiger partial charge in [-0.05, 0) is 43.9 Å². The number of nitrogens with zero attached hydrogens (tertiary/aromatic N) is 1. The number of aliphatic hydroxyl groups excluding tert-OH is 2. The van der Waals surface area contributed by atoms with Crippen LogP contribution in [-0.4, -0.2) is 45.8 Å². The highest BCUT2D eigenvalue weighted by Gasteiger charge is 2.51. The average molecular weight is 365 g/mol. The third-order valence-corrected chi connectivity index (χ3v) is 6.30. The lowest BCUT2D eigenvalue weighted by atomic mass is 9.70. The number of fused-ring (bicyclic) bond motifs is 1. The molecule has 3 aliphatic carbocycles. The van der Waals surface area contributed by atoms with Gasteiger partial charge >= 0.3 is 5.97 Å². The first kappa shape index (κ1) is 19.4. The van der Waals surface area contributed by atoms with Gasteiger partial charge in [0.25, 0.3) is 0 Å². The fourth-order valence-corrected chi connectivity index (χ4v) is 4.71. The average Bonchev–Trinajstić information content (AvgIpc) is 2.87. The Bertz CT molecular complexity index is 540. The SMILES string of the molecule is O=C(O)CCCON=C1C[C@H]2C(C=CC(O)C3CCCCC3)C(O)C[C@H]12. The van der Waals surface area contributed by atoms with Gasteiger partial charge in [0.2, 0.25) is 0 Å². The van der Waals surface area contributed by atoms with Crippen LogP contribution in [-0.2, 0) is 9.63 Å². The first-order valence-electron chi connectivity index (χ1n) is 10.0. The first-order valence-corrected chi connectivity index (χ1v) is 10.0. The molecule has 3 unspecified atom stereocenters. The predicted octanol–water partition coefficient (Wildman–Crippen LogP) is 2.74. The minimum absolute atomic E-state index is 0.0872. The summed E-state index contributed by atoms with van der Waals surface area (Å²) in [4.78, 5) is 15.7. The van der Waals surface area contributed by atoms with E-state index in [0.717, 1.165) is 25.0 Å².